The Morgan fingerprint density at radius 2 is 1.91 bits per heavy atom. The Bertz CT molecular complexity index is 1310. The lowest BCUT2D eigenvalue weighted by Gasteiger charge is -2.43. The minimum absolute atomic E-state index is 0.0556. The zero-order valence-corrected chi connectivity index (χ0v) is 23.0. The predicted octanol–water partition coefficient (Wildman–Crippen LogP) is 4.70. The van der Waals surface area contributed by atoms with Crippen molar-refractivity contribution in [3.8, 4) is 0 Å². The number of anilines is 1. The van der Waals surface area contributed by atoms with E-state index in [0.717, 1.165) is 17.0 Å². The van der Waals surface area contributed by atoms with Crippen molar-refractivity contribution in [3.63, 3.8) is 0 Å². The first-order valence-corrected chi connectivity index (χ1v) is 13.7. The van der Waals surface area contributed by atoms with Crippen molar-refractivity contribution < 1.29 is 22.7 Å². The van der Waals surface area contributed by atoms with Crippen LogP contribution < -0.4 is 10.6 Å². The van der Waals surface area contributed by atoms with Gasteiger partial charge in [0.05, 0.1) is 26.1 Å². The third-order valence-electron chi connectivity index (χ3n) is 5.36. The van der Waals surface area contributed by atoms with Gasteiger partial charge in [0, 0.05) is 5.69 Å². The number of hydrogen-bond acceptors (Lipinski definition) is 7. The van der Waals surface area contributed by atoms with E-state index in [1.807, 2.05) is 13.0 Å². The van der Waals surface area contributed by atoms with Crippen molar-refractivity contribution in [2.24, 2.45) is 4.99 Å². The van der Waals surface area contributed by atoms with Gasteiger partial charge in [-0.2, -0.15) is 4.99 Å². The van der Waals surface area contributed by atoms with Crippen LogP contribution in [-0.2, 0) is 20.1 Å². The van der Waals surface area contributed by atoms with E-state index in [2.05, 4.69) is 20.6 Å². The Morgan fingerprint density at radius 1 is 1.26 bits per heavy atom. The molecular formula is C23H29ClN4O5S2. The molecule has 9 nitrogen and oxygen atoms in total. The lowest BCUT2D eigenvalue weighted by atomic mass is 10.00. The molecule has 2 N–H and O–H groups in total. The minimum Gasteiger partial charge on any atom is -0.442 e. The molecule has 3 heterocycles. The molecule has 1 fully saturated rings. The lowest BCUT2D eigenvalue weighted by Crippen LogP contribution is -2.64. The molecule has 2 aromatic heterocycles. The number of amides is 2. The summed E-state index contributed by atoms with van der Waals surface area (Å²) in [5, 5.41) is 6.05. The second-order valence-electron chi connectivity index (χ2n) is 10.1. The molecule has 2 amide bonds. The number of halogens is 1. The maximum absolute atomic E-state index is 13.3. The van der Waals surface area contributed by atoms with Crippen LogP contribution in [0.2, 0.25) is 5.02 Å². The molecule has 0 bridgehead atoms. The number of aryl methyl sites for hydroxylation is 1. The van der Waals surface area contributed by atoms with Crippen molar-refractivity contribution in [3.05, 3.63) is 44.7 Å². The summed E-state index contributed by atoms with van der Waals surface area (Å²) in [7, 11) is -3.80. The SMILES string of the molecule is Cc1cccc(NC(=O)c2cc(Cl)c([C@]3(C)CS(=O)(=O)C(C)(C)/C(=N/C(=O)OC(C)(C)C)N3)s2)n1. The van der Waals surface area contributed by atoms with Crippen LogP contribution in [0.25, 0.3) is 0 Å². The van der Waals surface area contributed by atoms with Gasteiger partial charge < -0.3 is 15.4 Å². The van der Waals surface area contributed by atoms with E-state index in [-0.39, 0.29) is 21.5 Å². The van der Waals surface area contributed by atoms with Crippen LogP contribution >= 0.6 is 22.9 Å². The second-order valence-corrected chi connectivity index (χ2v) is 14.1. The first-order chi connectivity index (χ1) is 15.9. The van der Waals surface area contributed by atoms with Gasteiger partial charge in [-0.15, -0.1) is 11.3 Å². The summed E-state index contributed by atoms with van der Waals surface area (Å²) in [6.07, 6.45) is -0.907. The van der Waals surface area contributed by atoms with Crippen molar-refractivity contribution in [2.45, 2.75) is 64.4 Å². The van der Waals surface area contributed by atoms with E-state index in [1.54, 1.807) is 39.8 Å². The van der Waals surface area contributed by atoms with Gasteiger partial charge in [0.2, 0.25) is 0 Å². The van der Waals surface area contributed by atoms with Gasteiger partial charge in [0.25, 0.3) is 5.91 Å². The van der Waals surface area contributed by atoms with Gasteiger partial charge in [0.1, 0.15) is 22.0 Å². The Balaban J connectivity index is 1.97. The zero-order chi connectivity index (χ0) is 26.4. The van der Waals surface area contributed by atoms with Crippen LogP contribution in [0.1, 0.15) is 61.8 Å². The van der Waals surface area contributed by atoms with Gasteiger partial charge in [-0.05, 0) is 66.7 Å². The number of carbonyl (C=O) groups is 2. The highest BCUT2D eigenvalue weighted by Crippen LogP contribution is 2.41. The van der Waals surface area contributed by atoms with E-state index in [0.29, 0.717) is 10.7 Å². The quantitative estimate of drug-likeness (QED) is 0.577. The molecule has 1 aliphatic rings. The van der Waals surface area contributed by atoms with Crippen LogP contribution in [-0.4, -0.2) is 47.3 Å². The lowest BCUT2D eigenvalue weighted by molar-refractivity contribution is 0.0602. The van der Waals surface area contributed by atoms with Gasteiger partial charge in [0.15, 0.2) is 9.84 Å². The maximum Gasteiger partial charge on any atom is 0.435 e. The molecule has 0 unspecified atom stereocenters. The molecule has 35 heavy (non-hydrogen) atoms. The fourth-order valence-electron chi connectivity index (χ4n) is 3.46. The smallest absolute Gasteiger partial charge is 0.435 e. The molecular weight excluding hydrogens is 512 g/mol. The zero-order valence-electron chi connectivity index (χ0n) is 20.6. The molecule has 1 saturated heterocycles. The average Bonchev–Trinajstić information content (AvgIpc) is 3.07. The highest BCUT2D eigenvalue weighted by atomic mass is 35.5. The number of rotatable bonds is 3. The highest BCUT2D eigenvalue weighted by molar-refractivity contribution is 7.93. The average molecular weight is 541 g/mol. The van der Waals surface area contributed by atoms with Crippen LogP contribution in [0, 0.1) is 6.92 Å². The van der Waals surface area contributed by atoms with Crippen molar-refractivity contribution in [2.75, 3.05) is 11.1 Å². The molecule has 1 atom stereocenters. The van der Waals surface area contributed by atoms with Crippen LogP contribution in [0.3, 0.4) is 0 Å². The van der Waals surface area contributed by atoms with Crippen molar-refractivity contribution in [1.82, 2.24) is 10.3 Å². The number of hydrogen-bond donors (Lipinski definition) is 2. The summed E-state index contributed by atoms with van der Waals surface area (Å²) in [5.74, 6) is -0.410. The highest BCUT2D eigenvalue weighted by Gasteiger charge is 2.52. The Labute approximate surface area is 214 Å². The third-order valence-corrected chi connectivity index (χ3v) is 9.87. The van der Waals surface area contributed by atoms with E-state index < -0.39 is 37.7 Å². The number of aliphatic imine (C=N–C) groups is 1. The summed E-state index contributed by atoms with van der Waals surface area (Å²) in [4.78, 5) is 34.2. The molecule has 3 rings (SSSR count). The summed E-state index contributed by atoms with van der Waals surface area (Å²) in [6, 6.07) is 6.73. The van der Waals surface area contributed by atoms with E-state index in [9.17, 15) is 18.0 Å². The summed E-state index contributed by atoms with van der Waals surface area (Å²) in [5.41, 5.74) is -1.29. The molecule has 12 heteroatoms. The third kappa shape index (κ3) is 5.84. The van der Waals surface area contributed by atoms with E-state index >= 15 is 0 Å². The number of aromatic nitrogens is 1. The van der Waals surface area contributed by atoms with Crippen LogP contribution in [0.15, 0.2) is 29.3 Å². The normalized spacial score (nSPS) is 22.3. The Kier molecular flexibility index (Phi) is 7.11. The molecule has 0 radical (unpaired) electrons. The molecule has 0 aliphatic carbocycles. The number of amidine groups is 1. The predicted molar refractivity (Wildman–Crippen MR) is 138 cm³/mol. The fraction of sp³-hybridized carbons (Fsp3) is 0.478. The molecule has 1 aliphatic heterocycles. The van der Waals surface area contributed by atoms with Crippen LogP contribution in [0.5, 0.6) is 0 Å². The standard InChI is InChI=1S/C23H29ClN4O5S2/c1-13-9-8-10-16(25-13)26-18(29)15-11-14(24)17(34-15)23(7)12-35(31,32)22(5,6)19(28-23)27-20(30)33-21(2,3)4/h8-11H,12H2,1-7H3,(H,25,26,29)(H,27,28,30)/t23-/m0/s1. The van der Waals surface area contributed by atoms with Crippen LogP contribution in [0.4, 0.5) is 10.6 Å². The Morgan fingerprint density at radius 3 is 2.51 bits per heavy atom. The first-order valence-electron chi connectivity index (χ1n) is 10.8. The first kappa shape index (κ1) is 27.1. The molecule has 0 spiro atoms. The summed E-state index contributed by atoms with van der Waals surface area (Å²) < 4.78 is 30.4. The minimum atomic E-state index is -3.80. The molecule has 190 valence electrons. The second kappa shape index (κ2) is 9.18. The monoisotopic (exact) mass is 540 g/mol. The molecule has 2 aromatic rings. The van der Waals surface area contributed by atoms with Crippen molar-refractivity contribution >= 4 is 56.4 Å². The van der Waals surface area contributed by atoms with Crippen molar-refractivity contribution in [1.29, 1.82) is 0 Å². The van der Waals surface area contributed by atoms with E-state index in [1.165, 1.54) is 19.9 Å². The number of carbonyl (C=O) groups excluding carboxylic acids is 2. The number of sulfone groups is 1. The fourth-order valence-corrected chi connectivity index (χ4v) is 6.83. The number of thiophene rings is 1. The van der Waals surface area contributed by atoms with E-state index in [4.69, 9.17) is 16.3 Å². The van der Waals surface area contributed by atoms with Gasteiger partial charge >= 0.3 is 6.09 Å². The number of pyridine rings is 1. The number of ether oxygens (including phenoxy) is 1. The number of nitrogens with one attached hydrogen (secondary N) is 2. The van der Waals surface area contributed by atoms with Gasteiger partial charge in [-0.25, -0.2) is 18.2 Å². The van der Waals surface area contributed by atoms with Gasteiger partial charge in [-0.3, -0.25) is 4.79 Å². The molecule has 0 saturated carbocycles. The summed E-state index contributed by atoms with van der Waals surface area (Å²) in [6.45, 7) is 11.5. The van der Waals surface area contributed by atoms with Gasteiger partial charge in [-0.1, -0.05) is 17.7 Å². The number of nitrogens with zero attached hydrogens (tertiary/aromatic N) is 2. The molecule has 0 aromatic carbocycles. The maximum atomic E-state index is 13.3. The Hall–Kier alpha value is -2.50. The summed E-state index contributed by atoms with van der Waals surface area (Å²) >= 11 is 7.55. The largest absolute Gasteiger partial charge is 0.442 e. The topological polar surface area (TPSA) is 127 Å².